The molecule has 0 saturated heterocycles. The van der Waals surface area contributed by atoms with Crippen molar-refractivity contribution in [2.45, 2.75) is 58.9 Å². The van der Waals surface area contributed by atoms with Gasteiger partial charge >= 0.3 is 0 Å². The van der Waals surface area contributed by atoms with Crippen LogP contribution in [0.2, 0.25) is 0 Å². The number of amides is 1. The molecule has 0 radical (unpaired) electrons. The fourth-order valence-electron chi connectivity index (χ4n) is 1.63. The molecular weight excluding hydrogens is 214 g/mol. The Kier molecular flexibility index (Phi) is 7.65. The number of aliphatic hydroxyl groups is 1. The molecular formula is C14H25NO2. The zero-order chi connectivity index (χ0) is 13.3. The maximum Gasteiger partial charge on any atom is 0.220 e. The first-order valence-electron chi connectivity index (χ1n) is 6.25. The topological polar surface area (TPSA) is 49.3 Å². The van der Waals surface area contributed by atoms with Crippen LogP contribution in [0, 0.1) is 17.8 Å². The third-order valence-electron chi connectivity index (χ3n) is 2.77. The van der Waals surface area contributed by atoms with Gasteiger partial charge in [0.15, 0.2) is 0 Å². The van der Waals surface area contributed by atoms with Crippen LogP contribution in [0.3, 0.4) is 0 Å². The van der Waals surface area contributed by atoms with E-state index in [1.54, 1.807) is 0 Å². The van der Waals surface area contributed by atoms with Crippen molar-refractivity contribution in [3.05, 3.63) is 0 Å². The van der Waals surface area contributed by atoms with Crippen molar-refractivity contribution in [3.63, 3.8) is 0 Å². The molecule has 3 nitrogen and oxygen atoms in total. The lowest BCUT2D eigenvalue weighted by atomic mass is 9.85. The smallest absolute Gasteiger partial charge is 0.220 e. The van der Waals surface area contributed by atoms with Gasteiger partial charge in [0.05, 0.1) is 0 Å². The minimum atomic E-state index is -0.0306. The van der Waals surface area contributed by atoms with Crippen LogP contribution in [0.15, 0.2) is 0 Å². The molecule has 0 saturated carbocycles. The van der Waals surface area contributed by atoms with Gasteiger partial charge in [0.1, 0.15) is 0 Å². The van der Waals surface area contributed by atoms with E-state index in [0.717, 1.165) is 19.3 Å². The standard InChI is InChI=1S/C14H25NO2/c1-5-6-7-8-9-13(17)15-12(10-11-16)14(2,3)4/h1,12,16H,6-11H2,2-4H3,(H,15,17). The molecule has 0 aromatic heterocycles. The summed E-state index contributed by atoms with van der Waals surface area (Å²) in [6.07, 6.45) is 8.70. The summed E-state index contributed by atoms with van der Waals surface area (Å²) in [5, 5.41) is 12.0. The van der Waals surface area contributed by atoms with Gasteiger partial charge in [-0.1, -0.05) is 20.8 Å². The van der Waals surface area contributed by atoms with E-state index in [-0.39, 0.29) is 24.0 Å². The van der Waals surface area contributed by atoms with Gasteiger partial charge in [0.25, 0.3) is 0 Å². The Morgan fingerprint density at radius 2 is 2.06 bits per heavy atom. The van der Waals surface area contributed by atoms with Crippen LogP contribution in [-0.2, 0) is 4.79 Å². The summed E-state index contributed by atoms with van der Waals surface area (Å²) >= 11 is 0. The van der Waals surface area contributed by atoms with Crippen molar-refractivity contribution in [1.29, 1.82) is 0 Å². The first kappa shape index (κ1) is 16.0. The predicted molar refractivity (Wildman–Crippen MR) is 70.4 cm³/mol. The summed E-state index contributed by atoms with van der Waals surface area (Å²) in [6, 6.07) is 0.0210. The zero-order valence-corrected chi connectivity index (χ0v) is 11.3. The van der Waals surface area contributed by atoms with E-state index in [1.165, 1.54) is 0 Å². The lowest BCUT2D eigenvalue weighted by molar-refractivity contribution is -0.122. The van der Waals surface area contributed by atoms with Crippen molar-refractivity contribution in [2.24, 2.45) is 5.41 Å². The lowest BCUT2D eigenvalue weighted by Crippen LogP contribution is -2.44. The Hall–Kier alpha value is -1.01. The second-order valence-electron chi connectivity index (χ2n) is 5.41. The molecule has 0 bridgehead atoms. The molecule has 0 spiro atoms. The van der Waals surface area contributed by atoms with Crippen molar-refractivity contribution < 1.29 is 9.90 Å². The van der Waals surface area contributed by atoms with E-state index in [4.69, 9.17) is 11.5 Å². The molecule has 3 heteroatoms. The highest BCUT2D eigenvalue weighted by atomic mass is 16.3. The Balaban J connectivity index is 4.01. The van der Waals surface area contributed by atoms with Crippen molar-refractivity contribution in [1.82, 2.24) is 5.32 Å². The zero-order valence-electron chi connectivity index (χ0n) is 11.3. The van der Waals surface area contributed by atoms with Gasteiger partial charge in [-0.3, -0.25) is 4.79 Å². The first-order valence-corrected chi connectivity index (χ1v) is 6.25. The molecule has 0 rings (SSSR count). The van der Waals surface area contributed by atoms with Crippen LogP contribution in [0.1, 0.15) is 52.9 Å². The van der Waals surface area contributed by atoms with Gasteiger partial charge in [0, 0.05) is 25.5 Å². The SMILES string of the molecule is C#CCCCCC(=O)NC(CCO)C(C)(C)C. The van der Waals surface area contributed by atoms with E-state index in [9.17, 15) is 4.79 Å². The first-order chi connectivity index (χ1) is 7.91. The van der Waals surface area contributed by atoms with E-state index in [1.807, 2.05) is 0 Å². The average molecular weight is 239 g/mol. The molecule has 17 heavy (non-hydrogen) atoms. The molecule has 2 N–H and O–H groups in total. The number of unbranched alkanes of at least 4 members (excludes halogenated alkanes) is 2. The van der Waals surface area contributed by atoms with Gasteiger partial charge in [0.2, 0.25) is 5.91 Å². The predicted octanol–water partition coefficient (Wildman–Crippen LogP) is 2.09. The molecule has 0 aromatic rings. The summed E-state index contributed by atoms with van der Waals surface area (Å²) in [5.74, 6) is 2.61. The van der Waals surface area contributed by atoms with Crippen molar-refractivity contribution in [3.8, 4) is 12.3 Å². The van der Waals surface area contributed by atoms with Crippen LogP contribution in [0.5, 0.6) is 0 Å². The Morgan fingerprint density at radius 3 is 2.53 bits per heavy atom. The van der Waals surface area contributed by atoms with Gasteiger partial charge in [-0.2, -0.15) is 0 Å². The third-order valence-corrected chi connectivity index (χ3v) is 2.77. The second kappa shape index (κ2) is 8.14. The largest absolute Gasteiger partial charge is 0.396 e. The van der Waals surface area contributed by atoms with Crippen LogP contribution in [-0.4, -0.2) is 23.7 Å². The van der Waals surface area contributed by atoms with Crippen LogP contribution < -0.4 is 5.32 Å². The van der Waals surface area contributed by atoms with Crippen LogP contribution in [0.4, 0.5) is 0 Å². The molecule has 0 aliphatic heterocycles. The van der Waals surface area contributed by atoms with E-state index >= 15 is 0 Å². The molecule has 0 fully saturated rings. The number of aliphatic hydroxyl groups excluding tert-OH is 1. The summed E-state index contributed by atoms with van der Waals surface area (Å²) < 4.78 is 0. The van der Waals surface area contributed by atoms with Gasteiger partial charge in [-0.25, -0.2) is 0 Å². The van der Waals surface area contributed by atoms with Crippen molar-refractivity contribution >= 4 is 5.91 Å². The molecule has 1 amide bonds. The van der Waals surface area contributed by atoms with Crippen molar-refractivity contribution in [2.75, 3.05) is 6.61 Å². The van der Waals surface area contributed by atoms with Gasteiger partial charge in [-0.15, -0.1) is 12.3 Å². The minimum Gasteiger partial charge on any atom is -0.396 e. The fraction of sp³-hybridized carbons (Fsp3) is 0.786. The number of hydrogen-bond acceptors (Lipinski definition) is 2. The van der Waals surface area contributed by atoms with E-state index in [0.29, 0.717) is 12.8 Å². The molecule has 1 unspecified atom stereocenters. The maximum atomic E-state index is 11.7. The van der Waals surface area contributed by atoms with Gasteiger partial charge < -0.3 is 10.4 Å². The molecule has 0 heterocycles. The Labute approximate surface area is 105 Å². The summed E-state index contributed by atoms with van der Waals surface area (Å²) in [5.41, 5.74) is -0.0306. The monoisotopic (exact) mass is 239 g/mol. The quantitative estimate of drug-likeness (QED) is 0.528. The second-order valence-corrected chi connectivity index (χ2v) is 5.41. The lowest BCUT2D eigenvalue weighted by Gasteiger charge is -2.31. The normalized spacial score (nSPS) is 12.9. The average Bonchev–Trinajstić information content (AvgIpc) is 2.22. The molecule has 0 aromatic carbocycles. The number of carbonyl (C=O) groups is 1. The fourth-order valence-corrected chi connectivity index (χ4v) is 1.63. The van der Waals surface area contributed by atoms with Crippen LogP contribution >= 0.6 is 0 Å². The minimum absolute atomic E-state index is 0.0210. The van der Waals surface area contributed by atoms with E-state index in [2.05, 4.69) is 32.0 Å². The Bertz CT molecular complexity index is 260. The Morgan fingerprint density at radius 1 is 1.41 bits per heavy atom. The summed E-state index contributed by atoms with van der Waals surface area (Å²) in [4.78, 5) is 11.7. The summed E-state index contributed by atoms with van der Waals surface area (Å²) in [7, 11) is 0. The van der Waals surface area contributed by atoms with E-state index < -0.39 is 0 Å². The van der Waals surface area contributed by atoms with Gasteiger partial charge in [-0.05, 0) is 24.7 Å². The molecule has 0 aliphatic rings. The van der Waals surface area contributed by atoms with Crippen LogP contribution in [0.25, 0.3) is 0 Å². The highest BCUT2D eigenvalue weighted by Gasteiger charge is 2.25. The number of rotatable bonds is 7. The number of nitrogens with one attached hydrogen (secondary N) is 1. The number of hydrogen-bond donors (Lipinski definition) is 2. The third kappa shape index (κ3) is 7.82. The molecule has 98 valence electrons. The molecule has 0 aliphatic carbocycles. The highest BCUT2D eigenvalue weighted by Crippen LogP contribution is 2.21. The maximum absolute atomic E-state index is 11.7. The highest BCUT2D eigenvalue weighted by molar-refractivity contribution is 5.76. The summed E-state index contributed by atoms with van der Waals surface area (Å²) in [6.45, 7) is 6.28. The number of terminal acetylenes is 1. The number of carbonyl (C=O) groups excluding carboxylic acids is 1. The molecule has 1 atom stereocenters.